The Morgan fingerprint density at radius 2 is 2.25 bits per heavy atom. The molecule has 0 aliphatic rings. The highest BCUT2D eigenvalue weighted by Crippen LogP contribution is 2.17. The number of rotatable bonds is 4. The van der Waals surface area contributed by atoms with Crippen LogP contribution < -0.4 is 5.32 Å². The van der Waals surface area contributed by atoms with Crippen molar-refractivity contribution >= 4 is 23.2 Å². The molecule has 0 bridgehead atoms. The molecule has 0 aromatic carbocycles. The van der Waals surface area contributed by atoms with Crippen LogP contribution in [-0.2, 0) is 9.53 Å². The molecule has 0 aliphatic heterocycles. The molecule has 1 atom stereocenters. The van der Waals surface area contributed by atoms with Crippen molar-refractivity contribution in [2.45, 2.75) is 26.9 Å². The highest BCUT2D eigenvalue weighted by molar-refractivity contribution is 7.12. The van der Waals surface area contributed by atoms with E-state index in [0.29, 0.717) is 11.4 Å². The first-order valence-electron chi connectivity index (χ1n) is 5.09. The lowest BCUT2D eigenvalue weighted by Crippen LogP contribution is -2.35. The van der Waals surface area contributed by atoms with Gasteiger partial charge in [-0.15, -0.1) is 11.3 Å². The number of carbonyl (C=O) groups is 2. The molecule has 5 heteroatoms. The van der Waals surface area contributed by atoms with E-state index in [1.165, 1.54) is 11.3 Å². The van der Waals surface area contributed by atoms with Gasteiger partial charge < -0.3 is 10.1 Å². The van der Waals surface area contributed by atoms with E-state index in [0.717, 1.165) is 5.56 Å². The van der Waals surface area contributed by atoms with Crippen LogP contribution in [0.25, 0.3) is 0 Å². The van der Waals surface area contributed by atoms with Gasteiger partial charge in [0.2, 0.25) is 0 Å². The van der Waals surface area contributed by atoms with Gasteiger partial charge in [-0.05, 0) is 37.8 Å². The number of nitrogens with one attached hydrogen (secondary N) is 1. The third-order valence-corrected chi connectivity index (χ3v) is 3.05. The molecule has 1 aromatic rings. The van der Waals surface area contributed by atoms with E-state index in [2.05, 4.69) is 5.32 Å². The summed E-state index contributed by atoms with van der Waals surface area (Å²) in [6, 6.07) is 1.85. The van der Waals surface area contributed by atoms with Gasteiger partial charge in [0.05, 0.1) is 0 Å². The summed E-state index contributed by atoms with van der Waals surface area (Å²) in [5, 5.41) is 4.42. The molecule has 0 spiro atoms. The van der Waals surface area contributed by atoms with E-state index >= 15 is 0 Å². The van der Waals surface area contributed by atoms with Crippen LogP contribution in [0.1, 0.15) is 29.1 Å². The molecule has 88 valence electrons. The van der Waals surface area contributed by atoms with E-state index in [-0.39, 0.29) is 5.91 Å². The minimum atomic E-state index is -0.756. The lowest BCUT2D eigenvalue weighted by atomic mass is 10.3. The number of thiophene rings is 1. The minimum Gasteiger partial charge on any atom is -0.448 e. The largest absolute Gasteiger partial charge is 0.448 e. The van der Waals surface area contributed by atoms with Crippen LogP contribution in [0.5, 0.6) is 0 Å². The summed E-state index contributed by atoms with van der Waals surface area (Å²) in [4.78, 5) is 23.6. The second-order valence-electron chi connectivity index (χ2n) is 3.37. The lowest BCUT2D eigenvalue weighted by molar-refractivity contribution is -0.128. The predicted octanol–water partition coefficient (Wildman–Crippen LogP) is 1.74. The van der Waals surface area contributed by atoms with Crippen molar-refractivity contribution in [2.24, 2.45) is 0 Å². The third kappa shape index (κ3) is 3.06. The van der Waals surface area contributed by atoms with Gasteiger partial charge in [-0.2, -0.15) is 0 Å². The molecule has 0 unspecified atom stereocenters. The summed E-state index contributed by atoms with van der Waals surface area (Å²) in [7, 11) is 0. The average Bonchev–Trinajstić information content (AvgIpc) is 2.64. The maximum atomic E-state index is 11.7. The fourth-order valence-electron chi connectivity index (χ4n) is 1.17. The molecule has 0 saturated heterocycles. The van der Waals surface area contributed by atoms with Crippen molar-refractivity contribution in [3.8, 4) is 0 Å². The Morgan fingerprint density at radius 3 is 2.75 bits per heavy atom. The van der Waals surface area contributed by atoms with E-state index in [1.54, 1.807) is 6.92 Å². The van der Waals surface area contributed by atoms with Gasteiger partial charge in [-0.25, -0.2) is 4.79 Å². The molecule has 0 aliphatic carbocycles. The normalized spacial score (nSPS) is 11.9. The molecule has 0 saturated carbocycles. The van der Waals surface area contributed by atoms with Crippen LogP contribution in [0.3, 0.4) is 0 Å². The van der Waals surface area contributed by atoms with Crippen LogP contribution in [0, 0.1) is 6.92 Å². The SMILES string of the molecule is CCNC(=O)[C@@H](C)OC(=O)c1sccc1C. The van der Waals surface area contributed by atoms with Crippen molar-refractivity contribution in [3.63, 3.8) is 0 Å². The molecular weight excluding hydrogens is 226 g/mol. The Hall–Kier alpha value is -1.36. The van der Waals surface area contributed by atoms with Gasteiger partial charge in [0.25, 0.3) is 5.91 Å². The molecule has 1 heterocycles. The maximum absolute atomic E-state index is 11.7. The standard InChI is InChI=1S/C11H15NO3S/c1-4-12-10(13)8(3)15-11(14)9-7(2)5-6-16-9/h5-6,8H,4H2,1-3H3,(H,12,13)/t8-/m1/s1. The highest BCUT2D eigenvalue weighted by Gasteiger charge is 2.19. The first-order chi connectivity index (χ1) is 7.56. The molecule has 16 heavy (non-hydrogen) atoms. The molecule has 1 amide bonds. The Labute approximate surface area is 98.6 Å². The molecule has 0 radical (unpaired) electrons. The van der Waals surface area contributed by atoms with E-state index in [1.807, 2.05) is 25.3 Å². The van der Waals surface area contributed by atoms with Crippen LogP contribution in [0.15, 0.2) is 11.4 Å². The Morgan fingerprint density at radius 1 is 1.56 bits per heavy atom. The van der Waals surface area contributed by atoms with E-state index in [4.69, 9.17) is 4.74 Å². The highest BCUT2D eigenvalue weighted by atomic mass is 32.1. The van der Waals surface area contributed by atoms with Gasteiger partial charge in [-0.3, -0.25) is 4.79 Å². The molecule has 0 fully saturated rings. The molecule has 4 nitrogen and oxygen atoms in total. The molecule has 1 rings (SSSR count). The second kappa shape index (κ2) is 5.65. The first kappa shape index (κ1) is 12.7. The number of hydrogen-bond donors (Lipinski definition) is 1. The van der Waals surface area contributed by atoms with E-state index in [9.17, 15) is 9.59 Å². The van der Waals surface area contributed by atoms with Gasteiger partial charge in [-0.1, -0.05) is 0 Å². The summed E-state index contributed by atoms with van der Waals surface area (Å²) >= 11 is 1.32. The van der Waals surface area contributed by atoms with Gasteiger partial charge in [0.1, 0.15) is 4.88 Å². The number of esters is 1. The number of likely N-dealkylation sites (N-methyl/N-ethyl adjacent to an activating group) is 1. The summed E-state index contributed by atoms with van der Waals surface area (Å²) in [5.41, 5.74) is 0.873. The quantitative estimate of drug-likeness (QED) is 0.817. The lowest BCUT2D eigenvalue weighted by Gasteiger charge is -2.12. The van der Waals surface area contributed by atoms with Crippen molar-refractivity contribution in [2.75, 3.05) is 6.54 Å². The minimum absolute atomic E-state index is 0.273. The second-order valence-corrected chi connectivity index (χ2v) is 4.29. The van der Waals surface area contributed by atoms with Gasteiger partial charge in [0, 0.05) is 6.54 Å². The summed E-state index contributed by atoms with van der Waals surface area (Å²) < 4.78 is 5.05. The van der Waals surface area contributed by atoms with Crippen LogP contribution in [0.4, 0.5) is 0 Å². The zero-order valence-electron chi connectivity index (χ0n) is 9.57. The summed E-state index contributed by atoms with van der Waals surface area (Å²) in [6.45, 7) is 5.74. The van der Waals surface area contributed by atoms with Crippen molar-refractivity contribution in [3.05, 3.63) is 21.9 Å². The first-order valence-corrected chi connectivity index (χ1v) is 5.97. The van der Waals surface area contributed by atoms with Gasteiger partial charge >= 0.3 is 5.97 Å². The van der Waals surface area contributed by atoms with Crippen LogP contribution in [-0.4, -0.2) is 24.5 Å². The maximum Gasteiger partial charge on any atom is 0.349 e. The average molecular weight is 241 g/mol. The fraction of sp³-hybridized carbons (Fsp3) is 0.455. The van der Waals surface area contributed by atoms with Crippen molar-refractivity contribution < 1.29 is 14.3 Å². The number of aryl methyl sites for hydroxylation is 1. The Balaban J connectivity index is 2.58. The zero-order valence-corrected chi connectivity index (χ0v) is 10.4. The number of hydrogen-bond acceptors (Lipinski definition) is 4. The predicted molar refractivity (Wildman–Crippen MR) is 62.6 cm³/mol. The molecule has 1 N–H and O–H groups in total. The number of ether oxygens (including phenoxy) is 1. The van der Waals surface area contributed by atoms with Crippen LogP contribution >= 0.6 is 11.3 Å². The molecular formula is C11H15NO3S. The number of amides is 1. The number of carbonyl (C=O) groups excluding carboxylic acids is 2. The summed E-state index contributed by atoms with van der Waals surface area (Å²) in [5.74, 6) is -0.712. The smallest absolute Gasteiger partial charge is 0.349 e. The Kier molecular flexibility index (Phi) is 4.49. The van der Waals surface area contributed by atoms with Crippen molar-refractivity contribution in [1.82, 2.24) is 5.32 Å². The topological polar surface area (TPSA) is 55.4 Å². The third-order valence-electron chi connectivity index (χ3n) is 2.05. The van der Waals surface area contributed by atoms with Gasteiger partial charge in [0.15, 0.2) is 6.10 Å². The van der Waals surface area contributed by atoms with Crippen LogP contribution in [0.2, 0.25) is 0 Å². The molecule has 1 aromatic heterocycles. The zero-order chi connectivity index (χ0) is 12.1. The monoisotopic (exact) mass is 241 g/mol. The van der Waals surface area contributed by atoms with E-state index < -0.39 is 12.1 Å². The Bertz CT molecular complexity index is 386. The van der Waals surface area contributed by atoms with Crippen molar-refractivity contribution in [1.29, 1.82) is 0 Å². The fourth-order valence-corrected chi connectivity index (χ4v) is 1.97. The summed E-state index contributed by atoms with van der Waals surface area (Å²) in [6.07, 6.45) is -0.756.